The lowest BCUT2D eigenvalue weighted by molar-refractivity contribution is 0.248. The molecule has 1 aliphatic heterocycles. The summed E-state index contributed by atoms with van der Waals surface area (Å²) in [4.78, 5) is 18.3. The van der Waals surface area contributed by atoms with Crippen LogP contribution in [0.25, 0.3) is 5.69 Å². The van der Waals surface area contributed by atoms with Crippen LogP contribution >= 0.6 is 0 Å². The number of aromatic nitrogens is 2. The molecule has 0 spiro atoms. The maximum Gasteiger partial charge on any atom is 0.316 e. The van der Waals surface area contributed by atoms with Crippen molar-refractivity contribution in [3.05, 3.63) is 106 Å². The number of para-hydroxylation sites is 1. The Morgan fingerprint density at radius 3 is 2.58 bits per heavy atom. The molecular formula is C30H34N4O2. The van der Waals surface area contributed by atoms with E-state index < -0.39 is 0 Å². The Morgan fingerprint density at radius 2 is 1.83 bits per heavy atom. The van der Waals surface area contributed by atoms with Crippen LogP contribution in [0.2, 0.25) is 0 Å². The van der Waals surface area contributed by atoms with Crippen molar-refractivity contribution in [2.75, 3.05) is 37.7 Å². The molecule has 1 fully saturated rings. The van der Waals surface area contributed by atoms with Crippen LogP contribution in [0.5, 0.6) is 5.75 Å². The van der Waals surface area contributed by atoms with E-state index in [2.05, 4.69) is 71.2 Å². The molecule has 1 aliphatic carbocycles. The van der Waals surface area contributed by atoms with Crippen molar-refractivity contribution in [3.63, 3.8) is 0 Å². The minimum absolute atomic E-state index is 0.221. The summed E-state index contributed by atoms with van der Waals surface area (Å²) < 4.78 is 7.71. The Labute approximate surface area is 213 Å². The molecule has 2 heterocycles. The minimum atomic E-state index is -0.221. The van der Waals surface area contributed by atoms with Crippen molar-refractivity contribution in [2.24, 2.45) is 5.92 Å². The van der Waals surface area contributed by atoms with Crippen LogP contribution in [0.4, 0.5) is 5.69 Å². The molecule has 1 unspecified atom stereocenters. The Kier molecular flexibility index (Phi) is 7.33. The number of benzene rings is 2. The second-order valence-electron chi connectivity index (χ2n) is 9.84. The average Bonchev–Trinajstić information content (AvgIpc) is 2.89. The molecule has 0 radical (unpaired) electrons. The van der Waals surface area contributed by atoms with Gasteiger partial charge in [0.25, 0.3) is 0 Å². The first-order valence-corrected chi connectivity index (χ1v) is 12.8. The molecule has 1 saturated heterocycles. The van der Waals surface area contributed by atoms with Crippen molar-refractivity contribution < 1.29 is 4.74 Å². The van der Waals surface area contributed by atoms with Crippen molar-refractivity contribution in [2.45, 2.75) is 26.8 Å². The standard InChI is InChI=1S/C30H34N4O2/c1-23-8-6-10-25(18-23)21-32-14-16-33(17-15-32)28-20-31-34(27-12-4-3-5-13-27)30(35)29(28)36-22-26-11-7-9-24(2)19-26/h3-13,18,20,24H,14-17,19,21-22H2,1-2H3. The Balaban J connectivity index is 1.36. The highest BCUT2D eigenvalue weighted by molar-refractivity contribution is 5.57. The molecule has 6 heteroatoms. The molecule has 2 aromatic carbocycles. The third-order valence-electron chi connectivity index (χ3n) is 6.87. The van der Waals surface area contributed by atoms with Gasteiger partial charge in [-0.05, 0) is 42.5 Å². The second-order valence-corrected chi connectivity index (χ2v) is 9.84. The summed E-state index contributed by atoms with van der Waals surface area (Å²) in [6, 6.07) is 18.2. The van der Waals surface area contributed by atoms with Gasteiger partial charge in [-0.1, -0.05) is 73.2 Å². The van der Waals surface area contributed by atoms with Gasteiger partial charge in [-0.25, -0.2) is 0 Å². The topological polar surface area (TPSA) is 50.6 Å². The molecule has 0 N–H and O–H groups in total. The van der Waals surface area contributed by atoms with E-state index in [4.69, 9.17) is 4.74 Å². The molecule has 3 aromatic rings. The SMILES string of the molecule is Cc1cccc(CN2CCN(c3cnn(-c4ccccc4)c(=O)c3OCC3=CC=CC(C)C3)CC2)c1. The summed E-state index contributed by atoms with van der Waals surface area (Å²) in [5.41, 5.74) is 5.11. The highest BCUT2D eigenvalue weighted by Gasteiger charge is 2.24. The van der Waals surface area contributed by atoms with Crippen LogP contribution in [0.1, 0.15) is 24.5 Å². The number of hydrogen-bond acceptors (Lipinski definition) is 5. The monoisotopic (exact) mass is 482 g/mol. The highest BCUT2D eigenvalue weighted by atomic mass is 16.5. The van der Waals surface area contributed by atoms with Gasteiger partial charge in [0.05, 0.1) is 11.9 Å². The van der Waals surface area contributed by atoms with Gasteiger partial charge in [0, 0.05) is 32.7 Å². The number of aryl methyl sites for hydroxylation is 1. The van der Waals surface area contributed by atoms with Gasteiger partial charge in [0.15, 0.2) is 0 Å². The Hall–Kier alpha value is -3.64. The van der Waals surface area contributed by atoms with Crippen molar-refractivity contribution in [3.8, 4) is 11.4 Å². The van der Waals surface area contributed by atoms with Gasteiger partial charge >= 0.3 is 5.56 Å². The van der Waals surface area contributed by atoms with Crippen LogP contribution in [-0.2, 0) is 6.54 Å². The van der Waals surface area contributed by atoms with E-state index >= 15 is 0 Å². The molecular weight excluding hydrogens is 448 g/mol. The van der Waals surface area contributed by atoms with E-state index in [1.165, 1.54) is 21.4 Å². The van der Waals surface area contributed by atoms with Crippen LogP contribution in [0.3, 0.4) is 0 Å². The summed E-state index contributed by atoms with van der Waals surface area (Å²) >= 11 is 0. The van der Waals surface area contributed by atoms with E-state index in [9.17, 15) is 4.79 Å². The van der Waals surface area contributed by atoms with E-state index in [0.717, 1.165) is 50.5 Å². The van der Waals surface area contributed by atoms with Crippen molar-refractivity contribution in [1.29, 1.82) is 0 Å². The lowest BCUT2D eigenvalue weighted by Gasteiger charge is -2.36. The molecule has 186 valence electrons. The zero-order valence-electron chi connectivity index (χ0n) is 21.1. The first kappa shape index (κ1) is 24.1. The van der Waals surface area contributed by atoms with Gasteiger partial charge in [-0.3, -0.25) is 9.69 Å². The first-order valence-electron chi connectivity index (χ1n) is 12.8. The summed E-state index contributed by atoms with van der Waals surface area (Å²) in [5.74, 6) is 0.858. The quantitative estimate of drug-likeness (QED) is 0.486. The molecule has 1 aromatic heterocycles. The van der Waals surface area contributed by atoms with Gasteiger partial charge in [0.2, 0.25) is 5.75 Å². The number of ether oxygens (including phenoxy) is 1. The van der Waals surface area contributed by atoms with Gasteiger partial charge in [-0.15, -0.1) is 0 Å². The predicted molar refractivity (Wildman–Crippen MR) is 145 cm³/mol. The largest absolute Gasteiger partial charge is 0.482 e. The first-order chi connectivity index (χ1) is 17.6. The lowest BCUT2D eigenvalue weighted by atomic mass is 9.97. The normalized spacial score (nSPS) is 18.2. The number of rotatable bonds is 7. The zero-order chi connectivity index (χ0) is 24.9. The zero-order valence-corrected chi connectivity index (χ0v) is 21.1. The fraction of sp³-hybridized carbons (Fsp3) is 0.333. The van der Waals surface area contributed by atoms with Crippen molar-refractivity contribution in [1.82, 2.24) is 14.7 Å². The molecule has 0 saturated carbocycles. The lowest BCUT2D eigenvalue weighted by Crippen LogP contribution is -2.46. The molecule has 5 rings (SSSR count). The van der Waals surface area contributed by atoms with E-state index in [1.54, 1.807) is 6.20 Å². The summed E-state index contributed by atoms with van der Waals surface area (Å²) in [6.07, 6.45) is 9.11. The molecule has 36 heavy (non-hydrogen) atoms. The van der Waals surface area contributed by atoms with Crippen LogP contribution in [0, 0.1) is 12.8 Å². The molecule has 0 bridgehead atoms. The molecule has 6 nitrogen and oxygen atoms in total. The maximum absolute atomic E-state index is 13.6. The highest BCUT2D eigenvalue weighted by Crippen LogP contribution is 2.27. The van der Waals surface area contributed by atoms with E-state index in [0.29, 0.717) is 18.3 Å². The smallest absolute Gasteiger partial charge is 0.316 e. The number of allylic oxidation sites excluding steroid dienone is 3. The second kappa shape index (κ2) is 11.0. The Bertz CT molecular complexity index is 1300. The molecule has 2 aliphatic rings. The molecule has 0 amide bonds. The van der Waals surface area contributed by atoms with E-state index in [1.807, 2.05) is 30.3 Å². The van der Waals surface area contributed by atoms with Crippen LogP contribution < -0.4 is 15.2 Å². The Morgan fingerprint density at radius 1 is 1.03 bits per heavy atom. The van der Waals surface area contributed by atoms with Gasteiger partial charge < -0.3 is 9.64 Å². The third kappa shape index (κ3) is 5.60. The van der Waals surface area contributed by atoms with Gasteiger partial charge in [0.1, 0.15) is 12.3 Å². The predicted octanol–water partition coefficient (Wildman–Crippen LogP) is 4.76. The summed E-state index contributed by atoms with van der Waals surface area (Å²) in [7, 11) is 0. The third-order valence-corrected chi connectivity index (χ3v) is 6.87. The number of piperazine rings is 1. The fourth-order valence-corrected chi connectivity index (χ4v) is 4.96. The van der Waals surface area contributed by atoms with Crippen molar-refractivity contribution >= 4 is 5.69 Å². The number of nitrogens with zero attached hydrogens (tertiary/aromatic N) is 4. The molecule has 1 atom stereocenters. The van der Waals surface area contributed by atoms with Crippen LogP contribution in [0.15, 0.2) is 89.4 Å². The maximum atomic E-state index is 13.6. The fourth-order valence-electron chi connectivity index (χ4n) is 4.96. The average molecular weight is 483 g/mol. The number of anilines is 1. The van der Waals surface area contributed by atoms with Gasteiger partial charge in [-0.2, -0.15) is 9.78 Å². The summed E-state index contributed by atoms with van der Waals surface area (Å²) in [5, 5.41) is 4.53. The van der Waals surface area contributed by atoms with Crippen LogP contribution in [-0.4, -0.2) is 47.5 Å². The minimum Gasteiger partial charge on any atom is -0.482 e. The summed E-state index contributed by atoms with van der Waals surface area (Å²) in [6.45, 7) is 9.15. The van der Waals surface area contributed by atoms with E-state index in [-0.39, 0.29) is 5.56 Å². The number of hydrogen-bond donors (Lipinski definition) is 0.